The van der Waals surface area contributed by atoms with Crippen LogP contribution in [0.3, 0.4) is 0 Å². The van der Waals surface area contributed by atoms with Crippen molar-refractivity contribution in [2.75, 3.05) is 39.8 Å². The highest BCUT2D eigenvalue weighted by atomic mass is 16.5. The molecule has 2 saturated heterocycles. The minimum absolute atomic E-state index is 0.275. The first kappa shape index (κ1) is 19.7. The topological polar surface area (TPSA) is 44.8 Å². The summed E-state index contributed by atoms with van der Waals surface area (Å²) in [6.07, 6.45) is 7.24. The second-order valence-corrected chi connectivity index (χ2v) is 8.74. The molecule has 0 bridgehead atoms. The summed E-state index contributed by atoms with van der Waals surface area (Å²) in [5, 5.41) is 3.26. The molecule has 3 aliphatic rings. The Morgan fingerprint density at radius 1 is 1.07 bits per heavy atom. The Balaban J connectivity index is 1.18. The van der Waals surface area contributed by atoms with Crippen molar-refractivity contribution in [3.05, 3.63) is 29.8 Å². The molecule has 0 aromatic heterocycles. The summed E-state index contributed by atoms with van der Waals surface area (Å²) < 4.78 is 5.49. The van der Waals surface area contributed by atoms with Crippen molar-refractivity contribution in [1.29, 1.82) is 0 Å². The van der Waals surface area contributed by atoms with Gasteiger partial charge in [0.05, 0.1) is 7.11 Å². The molecule has 28 heavy (non-hydrogen) atoms. The third-order valence-corrected chi connectivity index (χ3v) is 7.04. The monoisotopic (exact) mass is 385 g/mol. The van der Waals surface area contributed by atoms with Gasteiger partial charge in [0, 0.05) is 50.2 Å². The lowest BCUT2D eigenvalue weighted by atomic mass is 9.78. The molecule has 2 aliphatic heterocycles. The lowest BCUT2D eigenvalue weighted by Crippen LogP contribution is -2.46. The van der Waals surface area contributed by atoms with Crippen LogP contribution in [0.15, 0.2) is 24.3 Å². The van der Waals surface area contributed by atoms with E-state index in [1.807, 2.05) is 12.1 Å². The van der Waals surface area contributed by atoms with Gasteiger partial charge in [-0.15, -0.1) is 0 Å². The smallest absolute Gasteiger partial charge is 0.223 e. The molecule has 3 fully saturated rings. The summed E-state index contributed by atoms with van der Waals surface area (Å²) in [6, 6.07) is 8.80. The molecule has 1 N–H and O–H groups in total. The van der Waals surface area contributed by atoms with E-state index >= 15 is 0 Å². The number of hydrogen-bond acceptors (Lipinski definition) is 4. The maximum Gasteiger partial charge on any atom is 0.223 e. The summed E-state index contributed by atoms with van der Waals surface area (Å²) in [5.74, 6) is 2.20. The Morgan fingerprint density at radius 2 is 1.82 bits per heavy atom. The number of para-hydroxylation sites is 1. The Labute approximate surface area is 169 Å². The van der Waals surface area contributed by atoms with E-state index in [1.54, 1.807) is 7.11 Å². The molecule has 0 spiro atoms. The van der Waals surface area contributed by atoms with Gasteiger partial charge in [-0.1, -0.05) is 31.0 Å². The fourth-order valence-electron chi connectivity index (χ4n) is 5.43. The zero-order valence-electron chi connectivity index (χ0n) is 17.2. The standard InChI is InChI=1S/C23H35N3O2/c1-28-22-11-5-2-7-18(22)17-26-15-13-25(14-16-26)12-6-9-20-19-8-3-4-10-21(19)24-23(20)27/h2,5,7,11,19-21H,3-4,6,8-10,12-17H2,1H3,(H,24,27)/t19-,20?,21+/m0/s1. The zero-order valence-corrected chi connectivity index (χ0v) is 17.2. The molecule has 2 heterocycles. The second-order valence-electron chi connectivity index (χ2n) is 8.74. The number of carbonyl (C=O) groups excluding carboxylic acids is 1. The zero-order chi connectivity index (χ0) is 19.3. The molecule has 1 aliphatic carbocycles. The molecule has 1 saturated carbocycles. The van der Waals surface area contributed by atoms with Gasteiger partial charge in [-0.25, -0.2) is 0 Å². The number of rotatable bonds is 7. The summed E-state index contributed by atoms with van der Waals surface area (Å²) in [6.45, 7) is 6.54. The first-order chi connectivity index (χ1) is 13.7. The highest BCUT2D eigenvalue weighted by Gasteiger charge is 2.42. The highest BCUT2D eigenvalue weighted by molar-refractivity contribution is 5.81. The van der Waals surface area contributed by atoms with Crippen molar-refractivity contribution in [2.24, 2.45) is 11.8 Å². The number of methoxy groups -OCH3 is 1. The van der Waals surface area contributed by atoms with E-state index in [-0.39, 0.29) is 5.92 Å². The van der Waals surface area contributed by atoms with Crippen molar-refractivity contribution in [1.82, 2.24) is 15.1 Å². The predicted molar refractivity (Wildman–Crippen MR) is 111 cm³/mol. The van der Waals surface area contributed by atoms with Gasteiger partial charge < -0.3 is 15.0 Å². The van der Waals surface area contributed by atoms with E-state index in [0.29, 0.717) is 17.9 Å². The van der Waals surface area contributed by atoms with Crippen LogP contribution in [0, 0.1) is 11.8 Å². The lowest BCUT2D eigenvalue weighted by Gasteiger charge is -2.35. The number of ether oxygens (including phenoxy) is 1. The van der Waals surface area contributed by atoms with Crippen LogP contribution in [0.1, 0.15) is 44.1 Å². The Bertz CT molecular complexity index is 657. The molecule has 154 valence electrons. The molecule has 1 unspecified atom stereocenters. The number of hydrogen-bond donors (Lipinski definition) is 1. The lowest BCUT2D eigenvalue weighted by molar-refractivity contribution is -0.123. The number of carbonyl (C=O) groups is 1. The summed E-state index contributed by atoms with van der Waals surface area (Å²) in [5.41, 5.74) is 1.27. The van der Waals surface area contributed by atoms with Gasteiger partial charge in [0.25, 0.3) is 0 Å². The normalized spacial score (nSPS) is 28.8. The second kappa shape index (κ2) is 9.27. The summed E-state index contributed by atoms with van der Waals surface area (Å²) >= 11 is 0. The van der Waals surface area contributed by atoms with Crippen LogP contribution < -0.4 is 10.1 Å². The fourth-order valence-corrected chi connectivity index (χ4v) is 5.43. The SMILES string of the molecule is COc1ccccc1CN1CCN(CCCC2C(=O)N[C@@H]3CCCC[C@@H]23)CC1. The predicted octanol–water partition coefficient (Wildman–Crippen LogP) is 2.90. The third kappa shape index (κ3) is 4.52. The van der Waals surface area contributed by atoms with Crippen molar-refractivity contribution in [3.8, 4) is 5.75 Å². The van der Waals surface area contributed by atoms with Gasteiger partial charge in [0.1, 0.15) is 5.75 Å². The van der Waals surface area contributed by atoms with Crippen LogP contribution >= 0.6 is 0 Å². The van der Waals surface area contributed by atoms with Crippen molar-refractivity contribution < 1.29 is 9.53 Å². The number of benzene rings is 1. The van der Waals surface area contributed by atoms with Gasteiger partial charge in [-0.3, -0.25) is 9.69 Å². The first-order valence-corrected chi connectivity index (χ1v) is 11.1. The molecule has 4 rings (SSSR count). The van der Waals surface area contributed by atoms with Crippen molar-refractivity contribution in [2.45, 2.75) is 51.1 Å². The average molecular weight is 386 g/mol. The number of nitrogens with zero attached hydrogens (tertiary/aromatic N) is 2. The van der Waals surface area contributed by atoms with Crippen LogP contribution in [0.5, 0.6) is 5.75 Å². The van der Waals surface area contributed by atoms with Crippen LogP contribution in [0.4, 0.5) is 0 Å². The summed E-state index contributed by atoms with van der Waals surface area (Å²) in [4.78, 5) is 17.4. The summed E-state index contributed by atoms with van der Waals surface area (Å²) in [7, 11) is 1.75. The fraction of sp³-hybridized carbons (Fsp3) is 0.696. The minimum Gasteiger partial charge on any atom is -0.496 e. The van der Waals surface area contributed by atoms with Crippen molar-refractivity contribution in [3.63, 3.8) is 0 Å². The maximum atomic E-state index is 12.4. The molecule has 3 atom stereocenters. The van der Waals surface area contributed by atoms with Crippen LogP contribution in [0.25, 0.3) is 0 Å². The molecule has 0 radical (unpaired) electrons. The van der Waals surface area contributed by atoms with E-state index in [2.05, 4.69) is 27.2 Å². The van der Waals surface area contributed by atoms with E-state index in [9.17, 15) is 4.79 Å². The number of piperazine rings is 1. The molecule has 5 heteroatoms. The molecule has 1 aromatic carbocycles. The third-order valence-electron chi connectivity index (χ3n) is 7.04. The van der Waals surface area contributed by atoms with Crippen LogP contribution in [0.2, 0.25) is 0 Å². The van der Waals surface area contributed by atoms with Gasteiger partial charge in [-0.2, -0.15) is 0 Å². The van der Waals surface area contributed by atoms with Gasteiger partial charge >= 0.3 is 0 Å². The van der Waals surface area contributed by atoms with E-state index in [4.69, 9.17) is 4.74 Å². The van der Waals surface area contributed by atoms with E-state index in [1.165, 1.54) is 31.2 Å². The highest BCUT2D eigenvalue weighted by Crippen LogP contribution is 2.37. The van der Waals surface area contributed by atoms with E-state index < -0.39 is 0 Å². The number of amides is 1. The Hall–Kier alpha value is -1.59. The van der Waals surface area contributed by atoms with E-state index in [0.717, 1.165) is 57.9 Å². The minimum atomic E-state index is 0.275. The average Bonchev–Trinajstić information content (AvgIpc) is 3.05. The van der Waals surface area contributed by atoms with Gasteiger partial charge in [0.2, 0.25) is 5.91 Å². The van der Waals surface area contributed by atoms with Crippen LogP contribution in [-0.2, 0) is 11.3 Å². The quantitative estimate of drug-likeness (QED) is 0.784. The maximum absolute atomic E-state index is 12.4. The van der Waals surface area contributed by atoms with Gasteiger partial charge in [0.15, 0.2) is 0 Å². The Morgan fingerprint density at radius 3 is 2.64 bits per heavy atom. The molecule has 1 amide bonds. The Kier molecular flexibility index (Phi) is 6.53. The molecular formula is C23H35N3O2. The van der Waals surface area contributed by atoms with Crippen LogP contribution in [-0.4, -0.2) is 61.6 Å². The van der Waals surface area contributed by atoms with Crippen molar-refractivity contribution >= 4 is 5.91 Å². The molecular weight excluding hydrogens is 350 g/mol. The number of fused-ring (bicyclic) bond motifs is 1. The largest absolute Gasteiger partial charge is 0.496 e. The molecule has 5 nitrogen and oxygen atoms in total. The van der Waals surface area contributed by atoms with Gasteiger partial charge in [-0.05, 0) is 44.2 Å². The first-order valence-electron chi connectivity index (χ1n) is 11.1. The molecule has 1 aromatic rings. The number of nitrogens with one attached hydrogen (secondary N) is 1.